The summed E-state index contributed by atoms with van der Waals surface area (Å²) < 4.78 is 0. The van der Waals surface area contributed by atoms with Crippen LogP contribution in [0.2, 0.25) is 0 Å². The van der Waals surface area contributed by atoms with Crippen LogP contribution in [-0.2, 0) is 13.1 Å². The van der Waals surface area contributed by atoms with Gasteiger partial charge in [0.1, 0.15) is 0 Å². The number of aliphatic imine (C=N–C) groups is 1. The molecule has 0 unspecified atom stereocenters. The molecule has 6 heteroatoms. The van der Waals surface area contributed by atoms with Gasteiger partial charge >= 0.3 is 0 Å². The van der Waals surface area contributed by atoms with Gasteiger partial charge in [0.05, 0.1) is 6.54 Å². The van der Waals surface area contributed by atoms with E-state index >= 15 is 0 Å². The summed E-state index contributed by atoms with van der Waals surface area (Å²) in [5.41, 5.74) is 3.77. The summed E-state index contributed by atoms with van der Waals surface area (Å²) in [6, 6.07) is 10.6. The first-order valence-electron chi connectivity index (χ1n) is 7.34. The standard InChI is InChI=1S/C17H24N4S.HI/c1-13-8-9-22-16(13)12-20-17(18-2)19-11-14-6-5-7-15(10-14)21(3)4;/h5-10H,11-12H2,1-4H3,(H2,18,19,20);1H. The second kappa shape index (κ2) is 9.77. The monoisotopic (exact) mass is 444 g/mol. The Morgan fingerprint density at radius 3 is 2.52 bits per heavy atom. The normalized spacial score (nSPS) is 10.9. The van der Waals surface area contributed by atoms with Gasteiger partial charge in [-0.1, -0.05) is 12.1 Å². The van der Waals surface area contributed by atoms with Gasteiger partial charge in [-0.15, -0.1) is 35.3 Å². The number of nitrogens with zero attached hydrogens (tertiary/aromatic N) is 2. The van der Waals surface area contributed by atoms with Crippen LogP contribution in [0.3, 0.4) is 0 Å². The van der Waals surface area contributed by atoms with E-state index in [-0.39, 0.29) is 24.0 Å². The molecule has 126 valence electrons. The molecule has 0 spiro atoms. The molecule has 0 saturated carbocycles. The molecule has 2 aromatic rings. The number of hydrogen-bond donors (Lipinski definition) is 2. The Bertz CT molecular complexity index is 637. The molecule has 1 aromatic carbocycles. The lowest BCUT2D eigenvalue weighted by molar-refractivity contribution is 0.813. The van der Waals surface area contributed by atoms with Gasteiger partial charge in [-0.05, 0) is 41.6 Å². The molecule has 4 nitrogen and oxygen atoms in total. The second-order valence-electron chi connectivity index (χ2n) is 5.37. The lowest BCUT2D eigenvalue weighted by Gasteiger charge is -2.15. The van der Waals surface area contributed by atoms with E-state index < -0.39 is 0 Å². The Labute approximate surface area is 160 Å². The van der Waals surface area contributed by atoms with Crippen LogP contribution in [-0.4, -0.2) is 27.1 Å². The minimum atomic E-state index is 0. The van der Waals surface area contributed by atoms with Gasteiger partial charge in [-0.2, -0.15) is 0 Å². The van der Waals surface area contributed by atoms with Crippen LogP contribution in [0.25, 0.3) is 0 Å². The van der Waals surface area contributed by atoms with Crippen molar-refractivity contribution >= 4 is 47.0 Å². The fourth-order valence-electron chi connectivity index (χ4n) is 2.10. The molecule has 0 radical (unpaired) electrons. The summed E-state index contributed by atoms with van der Waals surface area (Å²) in [5.74, 6) is 0.822. The van der Waals surface area contributed by atoms with Crippen molar-refractivity contribution in [3.63, 3.8) is 0 Å². The fourth-order valence-corrected chi connectivity index (χ4v) is 2.95. The van der Waals surface area contributed by atoms with Crippen molar-refractivity contribution in [2.75, 3.05) is 26.0 Å². The van der Waals surface area contributed by atoms with Crippen LogP contribution in [0, 0.1) is 6.92 Å². The largest absolute Gasteiger partial charge is 0.378 e. The third-order valence-corrected chi connectivity index (χ3v) is 4.52. The van der Waals surface area contributed by atoms with E-state index in [4.69, 9.17) is 0 Å². The Balaban J connectivity index is 0.00000264. The van der Waals surface area contributed by atoms with E-state index in [1.165, 1.54) is 21.7 Å². The minimum absolute atomic E-state index is 0. The van der Waals surface area contributed by atoms with Gasteiger partial charge in [0.25, 0.3) is 0 Å². The maximum atomic E-state index is 4.28. The Morgan fingerprint density at radius 2 is 1.91 bits per heavy atom. The lowest BCUT2D eigenvalue weighted by Crippen LogP contribution is -2.36. The number of guanidine groups is 1. The average molecular weight is 444 g/mol. The summed E-state index contributed by atoms with van der Waals surface area (Å²) in [4.78, 5) is 7.73. The highest BCUT2D eigenvalue weighted by molar-refractivity contribution is 14.0. The van der Waals surface area contributed by atoms with Crippen LogP contribution in [0.4, 0.5) is 5.69 Å². The molecule has 0 aliphatic heterocycles. The molecule has 1 heterocycles. The Morgan fingerprint density at radius 1 is 1.17 bits per heavy atom. The van der Waals surface area contributed by atoms with Crippen molar-refractivity contribution in [3.8, 4) is 0 Å². The van der Waals surface area contributed by atoms with Crippen molar-refractivity contribution in [1.82, 2.24) is 10.6 Å². The minimum Gasteiger partial charge on any atom is -0.378 e. The molecule has 2 rings (SSSR count). The van der Waals surface area contributed by atoms with E-state index in [9.17, 15) is 0 Å². The van der Waals surface area contributed by atoms with Gasteiger partial charge in [0, 0.05) is 38.3 Å². The van der Waals surface area contributed by atoms with Gasteiger partial charge in [0.2, 0.25) is 0 Å². The number of aryl methyl sites for hydroxylation is 1. The summed E-state index contributed by atoms with van der Waals surface area (Å²) in [7, 11) is 5.90. The highest BCUT2D eigenvalue weighted by atomic mass is 127. The Kier molecular flexibility index (Phi) is 8.40. The zero-order valence-corrected chi connectivity index (χ0v) is 17.2. The molecule has 0 bridgehead atoms. The molecule has 2 N–H and O–H groups in total. The van der Waals surface area contributed by atoms with Crippen LogP contribution in [0.1, 0.15) is 16.0 Å². The topological polar surface area (TPSA) is 39.7 Å². The quantitative estimate of drug-likeness (QED) is 0.421. The zero-order chi connectivity index (χ0) is 15.9. The molecule has 0 aliphatic rings. The van der Waals surface area contributed by atoms with Crippen molar-refractivity contribution in [3.05, 3.63) is 51.7 Å². The van der Waals surface area contributed by atoms with E-state index in [0.717, 1.165) is 19.0 Å². The highest BCUT2D eigenvalue weighted by Gasteiger charge is 2.03. The van der Waals surface area contributed by atoms with E-state index in [1.807, 2.05) is 0 Å². The average Bonchev–Trinajstić information content (AvgIpc) is 2.93. The van der Waals surface area contributed by atoms with Gasteiger partial charge in [-0.25, -0.2) is 0 Å². The summed E-state index contributed by atoms with van der Waals surface area (Å²) >= 11 is 1.77. The van der Waals surface area contributed by atoms with Crippen molar-refractivity contribution in [2.24, 2.45) is 4.99 Å². The van der Waals surface area contributed by atoms with E-state index in [1.54, 1.807) is 18.4 Å². The molecule has 0 amide bonds. The number of hydrogen-bond acceptors (Lipinski definition) is 3. The predicted molar refractivity (Wildman–Crippen MR) is 112 cm³/mol. The van der Waals surface area contributed by atoms with Crippen molar-refractivity contribution < 1.29 is 0 Å². The van der Waals surface area contributed by atoms with Crippen molar-refractivity contribution in [2.45, 2.75) is 20.0 Å². The Hall–Kier alpha value is -1.28. The number of halogens is 1. The zero-order valence-electron chi connectivity index (χ0n) is 14.1. The van der Waals surface area contributed by atoms with E-state index in [0.29, 0.717) is 0 Å². The third-order valence-electron chi connectivity index (χ3n) is 3.50. The number of rotatable bonds is 5. The molecule has 0 fully saturated rings. The van der Waals surface area contributed by atoms with Gasteiger partial charge in [-0.3, -0.25) is 4.99 Å². The lowest BCUT2D eigenvalue weighted by atomic mass is 10.2. The summed E-state index contributed by atoms with van der Waals surface area (Å²) in [6.07, 6.45) is 0. The third kappa shape index (κ3) is 6.02. The van der Waals surface area contributed by atoms with Crippen LogP contribution in [0.5, 0.6) is 0 Å². The number of benzene rings is 1. The molecule has 0 saturated heterocycles. The predicted octanol–water partition coefficient (Wildman–Crippen LogP) is 3.61. The molecule has 0 aliphatic carbocycles. The van der Waals surface area contributed by atoms with Crippen LogP contribution >= 0.6 is 35.3 Å². The van der Waals surface area contributed by atoms with Crippen molar-refractivity contribution in [1.29, 1.82) is 0 Å². The van der Waals surface area contributed by atoms with Crippen LogP contribution in [0.15, 0.2) is 40.7 Å². The van der Waals surface area contributed by atoms with Gasteiger partial charge < -0.3 is 15.5 Å². The molecule has 1 aromatic heterocycles. The van der Waals surface area contributed by atoms with Crippen LogP contribution < -0.4 is 15.5 Å². The summed E-state index contributed by atoms with van der Waals surface area (Å²) in [6.45, 7) is 3.70. The first kappa shape index (κ1) is 19.8. The smallest absolute Gasteiger partial charge is 0.191 e. The van der Waals surface area contributed by atoms with Gasteiger partial charge in [0.15, 0.2) is 5.96 Å². The maximum absolute atomic E-state index is 4.28. The molecular weight excluding hydrogens is 419 g/mol. The number of thiophene rings is 1. The number of nitrogens with one attached hydrogen (secondary N) is 2. The fraction of sp³-hybridized carbons (Fsp3) is 0.353. The molecule has 0 atom stereocenters. The highest BCUT2D eigenvalue weighted by Crippen LogP contribution is 2.15. The SMILES string of the molecule is CN=C(NCc1cccc(N(C)C)c1)NCc1sccc1C.I. The second-order valence-corrected chi connectivity index (χ2v) is 6.37. The van der Waals surface area contributed by atoms with E-state index in [2.05, 4.69) is 77.3 Å². The first-order chi connectivity index (χ1) is 10.6. The molecule has 23 heavy (non-hydrogen) atoms. The number of anilines is 1. The summed E-state index contributed by atoms with van der Waals surface area (Å²) in [5, 5.41) is 8.84. The first-order valence-corrected chi connectivity index (χ1v) is 8.22. The maximum Gasteiger partial charge on any atom is 0.191 e. The molecular formula is C17H25IN4S.